The highest BCUT2D eigenvalue weighted by atomic mass is 35.5. The van der Waals surface area contributed by atoms with Crippen LogP contribution in [0.5, 0.6) is 5.75 Å². The number of halogens is 3. The van der Waals surface area contributed by atoms with Gasteiger partial charge in [-0.2, -0.15) is 4.39 Å². The lowest BCUT2D eigenvalue weighted by Gasteiger charge is -2.32. The molecule has 0 aliphatic carbocycles. The van der Waals surface area contributed by atoms with E-state index < -0.39 is 11.6 Å². The van der Waals surface area contributed by atoms with Crippen molar-refractivity contribution in [3.05, 3.63) is 71.1 Å². The molecule has 3 N–H and O–H groups in total. The first-order valence-electron chi connectivity index (χ1n) is 14.1. The molecule has 224 valence electrons. The molecule has 13 heteroatoms. The Labute approximate surface area is 251 Å². The lowest BCUT2D eigenvalue weighted by Crippen LogP contribution is -2.45. The quantitative estimate of drug-likeness (QED) is 0.285. The van der Waals surface area contributed by atoms with Crippen LogP contribution in [-0.2, 0) is 4.79 Å². The van der Waals surface area contributed by atoms with Gasteiger partial charge in [0.2, 0.25) is 11.7 Å². The molecule has 2 aliphatic heterocycles. The van der Waals surface area contributed by atoms with Crippen LogP contribution in [0.4, 0.5) is 20.3 Å². The van der Waals surface area contributed by atoms with Crippen LogP contribution >= 0.6 is 11.6 Å². The molecule has 1 atom stereocenters. The SMILES string of the molecule is COc1ccc(-c2cnc3c(Nc4ccc(C(=O)N5CCC(C(=O)N[C@@H]6CCNC6)CC5)c(Cl)c4)nccn23)c(F)c1F. The summed E-state index contributed by atoms with van der Waals surface area (Å²) in [6.07, 6.45) is 6.67. The summed E-state index contributed by atoms with van der Waals surface area (Å²) in [5.41, 5.74) is 1.64. The highest BCUT2D eigenvalue weighted by Crippen LogP contribution is 2.32. The molecule has 0 unspecified atom stereocenters. The first-order chi connectivity index (χ1) is 20.8. The average molecular weight is 610 g/mol. The molecule has 0 bridgehead atoms. The van der Waals surface area contributed by atoms with Crippen molar-refractivity contribution in [2.45, 2.75) is 25.3 Å². The molecule has 2 aliphatic rings. The second-order valence-corrected chi connectivity index (χ2v) is 11.0. The van der Waals surface area contributed by atoms with E-state index >= 15 is 0 Å². The summed E-state index contributed by atoms with van der Waals surface area (Å²) < 4.78 is 35.6. The normalized spacial score (nSPS) is 17.3. The number of anilines is 2. The molecule has 2 amide bonds. The van der Waals surface area contributed by atoms with Gasteiger partial charge in [0, 0.05) is 55.2 Å². The van der Waals surface area contributed by atoms with E-state index in [4.69, 9.17) is 16.3 Å². The maximum absolute atomic E-state index is 14.8. The number of rotatable bonds is 7. The van der Waals surface area contributed by atoms with Gasteiger partial charge in [-0.25, -0.2) is 14.4 Å². The topological polar surface area (TPSA) is 113 Å². The first-order valence-corrected chi connectivity index (χ1v) is 14.4. The van der Waals surface area contributed by atoms with Crippen molar-refractivity contribution in [1.29, 1.82) is 0 Å². The van der Waals surface area contributed by atoms with Crippen LogP contribution in [0.1, 0.15) is 29.6 Å². The van der Waals surface area contributed by atoms with Gasteiger partial charge in [0.15, 0.2) is 23.0 Å². The van der Waals surface area contributed by atoms with Crippen LogP contribution in [-0.4, -0.2) is 70.4 Å². The van der Waals surface area contributed by atoms with Gasteiger partial charge in [-0.3, -0.25) is 14.0 Å². The minimum absolute atomic E-state index is 0.0182. The number of imidazole rings is 1. The summed E-state index contributed by atoms with van der Waals surface area (Å²) >= 11 is 6.56. The number of piperidine rings is 1. The van der Waals surface area contributed by atoms with E-state index in [-0.39, 0.29) is 40.1 Å². The van der Waals surface area contributed by atoms with Gasteiger partial charge in [0.05, 0.1) is 29.6 Å². The number of aromatic nitrogens is 3. The lowest BCUT2D eigenvalue weighted by molar-refractivity contribution is -0.126. The molecule has 4 heterocycles. The number of amides is 2. The van der Waals surface area contributed by atoms with E-state index in [2.05, 4.69) is 25.9 Å². The molecule has 43 heavy (non-hydrogen) atoms. The van der Waals surface area contributed by atoms with E-state index in [1.54, 1.807) is 33.7 Å². The fourth-order valence-electron chi connectivity index (χ4n) is 5.61. The largest absolute Gasteiger partial charge is 0.494 e. The number of nitrogens with zero attached hydrogens (tertiary/aromatic N) is 4. The summed E-state index contributed by atoms with van der Waals surface area (Å²) in [6, 6.07) is 7.94. The Hall–Kier alpha value is -4.29. The standard InChI is InChI=1S/C30H30ClF2N7O3/c1-43-24-5-4-21(25(32)26(24)33)23-16-36-28-27(35-10-13-40(23)28)37-18-2-3-20(22(31)14-18)30(42)39-11-7-17(8-12-39)29(41)38-19-6-9-34-15-19/h2-5,10,13-14,16-17,19,34H,6-9,11-12,15H2,1H3,(H,35,37)(H,38,41)/t19-/m1/s1. The maximum atomic E-state index is 14.8. The molecular weight excluding hydrogens is 580 g/mol. The third-order valence-electron chi connectivity index (χ3n) is 7.99. The molecule has 2 saturated heterocycles. The van der Waals surface area contributed by atoms with Gasteiger partial charge in [0.1, 0.15) is 0 Å². The van der Waals surface area contributed by atoms with E-state index in [9.17, 15) is 18.4 Å². The van der Waals surface area contributed by atoms with Gasteiger partial charge in [0.25, 0.3) is 5.91 Å². The van der Waals surface area contributed by atoms with Gasteiger partial charge in [-0.05, 0) is 56.1 Å². The third kappa shape index (κ3) is 5.72. The van der Waals surface area contributed by atoms with Crippen LogP contribution < -0.4 is 20.7 Å². The van der Waals surface area contributed by atoms with Crippen molar-refractivity contribution < 1.29 is 23.1 Å². The summed E-state index contributed by atoms with van der Waals surface area (Å²) in [5.74, 6) is -2.21. The number of methoxy groups -OCH3 is 1. The molecule has 4 aromatic rings. The number of likely N-dealkylation sites (tertiary alicyclic amines) is 1. The highest BCUT2D eigenvalue weighted by molar-refractivity contribution is 6.34. The lowest BCUT2D eigenvalue weighted by atomic mass is 9.95. The smallest absolute Gasteiger partial charge is 0.255 e. The predicted octanol–water partition coefficient (Wildman–Crippen LogP) is 4.41. The molecule has 0 saturated carbocycles. The van der Waals surface area contributed by atoms with E-state index in [0.29, 0.717) is 54.3 Å². The molecule has 0 spiro atoms. The Morgan fingerprint density at radius 3 is 2.63 bits per heavy atom. The summed E-state index contributed by atoms with van der Waals surface area (Å²) in [5, 5.41) is 9.76. The van der Waals surface area contributed by atoms with Crippen LogP contribution in [0, 0.1) is 17.6 Å². The second kappa shape index (κ2) is 12.1. The first kappa shape index (κ1) is 28.8. The molecule has 6 rings (SSSR count). The molecule has 2 fully saturated rings. The zero-order chi connectivity index (χ0) is 30.1. The van der Waals surface area contributed by atoms with Gasteiger partial charge in [-0.15, -0.1) is 0 Å². The van der Waals surface area contributed by atoms with Crippen molar-refractivity contribution in [2.75, 3.05) is 38.6 Å². The van der Waals surface area contributed by atoms with E-state index in [1.165, 1.54) is 31.6 Å². The minimum Gasteiger partial charge on any atom is -0.494 e. The van der Waals surface area contributed by atoms with Crippen molar-refractivity contribution in [3.63, 3.8) is 0 Å². The van der Waals surface area contributed by atoms with Gasteiger partial charge < -0.3 is 25.6 Å². The molecule has 2 aromatic carbocycles. The predicted molar refractivity (Wildman–Crippen MR) is 158 cm³/mol. The zero-order valence-corrected chi connectivity index (χ0v) is 24.1. The van der Waals surface area contributed by atoms with Crippen molar-refractivity contribution in [2.24, 2.45) is 5.92 Å². The monoisotopic (exact) mass is 609 g/mol. The third-order valence-corrected chi connectivity index (χ3v) is 8.31. The number of carbonyl (C=O) groups is 2. The van der Waals surface area contributed by atoms with Crippen molar-refractivity contribution in [3.8, 4) is 17.0 Å². The molecule has 2 aromatic heterocycles. The fourth-order valence-corrected chi connectivity index (χ4v) is 5.87. The number of ether oxygens (including phenoxy) is 1. The van der Waals surface area contributed by atoms with Crippen molar-refractivity contribution in [1.82, 2.24) is 29.9 Å². The number of fused-ring (bicyclic) bond motifs is 1. The summed E-state index contributed by atoms with van der Waals surface area (Å²) in [4.78, 5) is 36.4. The molecule has 10 nitrogen and oxygen atoms in total. The number of carbonyl (C=O) groups excluding carboxylic acids is 2. The number of hydrogen-bond acceptors (Lipinski definition) is 7. The molecule has 0 radical (unpaired) electrons. The van der Waals surface area contributed by atoms with Gasteiger partial charge >= 0.3 is 0 Å². The second-order valence-electron chi connectivity index (χ2n) is 10.6. The Morgan fingerprint density at radius 2 is 1.91 bits per heavy atom. The summed E-state index contributed by atoms with van der Waals surface area (Å²) in [7, 11) is 1.27. The minimum atomic E-state index is -1.08. The maximum Gasteiger partial charge on any atom is 0.255 e. The van der Waals surface area contributed by atoms with Crippen LogP contribution in [0.25, 0.3) is 16.9 Å². The summed E-state index contributed by atoms with van der Waals surface area (Å²) in [6.45, 7) is 2.66. The Balaban J connectivity index is 1.14. The van der Waals surface area contributed by atoms with Gasteiger partial charge in [-0.1, -0.05) is 11.6 Å². The Morgan fingerprint density at radius 1 is 1.09 bits per heavy atom. The van der Waals surface area contributed by atoms with Crippen LogP contribution in [0.2, 0.25) is 5.02 Å². The Bertz CT molecular complexity index is 1680. The number of benzene rings is 2. The van der Waals surface area contributed by atoms with E-state index in [1.807, 2.05) is 0 Å². The molecular formula is C30H30ClF2N7O3. The fraction of sp³-hybridized carbons (Fsp3) is 0.333. The van der Waals surface area contributed by atoms with Crippen LogP contribution in [0.3, 0.4) is 0 Å². The van der Waals surface area contributed by atoms with Crippen molar-refractivity contribution >= 4 is 40.6 Å². The van der Waals surface area contributed by atoms with E-state index in [0.717, 1.165) is 19.5 Å². The average Bonchev–Trinajstić information content (AvgIpc) is 3.69. The Kier molecular flexibility index (Phi) is 8.13. The highest BCUT2D eigenvalue weighted by Gasteiger charge is 2.30. The number of hydrogen-bond donors (Lipinski definition) is 3. The zero-order valence-electron chi connectivity index (χ0n) is 23.4. The number of nitrogens with one attached hydrogen (secondary N) is 3. The van der Waals surface area contributed by atoms with Crippen LogP contribution in [0.15, 0.2) is 48.9 Å².